The molecule has 1 rings (SSSR count). The maximum absolute atomic E-state index is 11.1. The van der Waals surface area contributed by atoms with Crippen LogP contribution in [0.3, 0.4) is 0 Å². The minimum atomic E-state index is -1.81. The van der Waals surface area contributed by atoms with Crippen molar-refractivity contribution < 1.29 is 18.6 Å². The molecule has 13 heavy (non-hydrogen) atoms. The molecule has 1 saturated heterocycles. The van der Waals surface area contributed by atoms with Gasteiger partial charge in [0.2, 0.25) is 0 Å². The molecule has 74 valence electrons. The molecule has 0 spiro atoms. The third kappa shape index (κ3) is 2.64. The summed E-state index contributed by atoms with van der Waals surface area (Å²) < 4.78 is 9.25. The number of rotatable bonds is 3. The monoisotopic (exact) mass is 205 g/mol. The second kappa shape index (κ2) is 4.53. The standard InChI is InChI=1S/C7H12NO4P/c1-2-3-4-5-6(9)11-13(8)12-7(5)10/h5H,2-4,8H2,1H3. The van der Waals surface area contributed by atoms with Gasteiger partial charge in [-0.1, -0.05) is 19.8 Å². The zero-order valence-corrected chi connectivity index (χ0v) is 8.25. The van der Waals surface area contributed by atoms with Crippen LogP contribution in [0.2, 0.25) is 0 Å². The van der Waals surface area contributed by atoms with Gasteiger partial charge in [-0.3, -0.25) is 9.59 Å². The molecule has 5 nitrogen and oxygen atoms in total. The molecule has 0 aromatic heterocycles. The van der Waals surface area contributed by atoms with Gasteiger partial charge in [0, 0.05) is 0 Å². The molecule has 0 unspecified atom stereocenters. The highest BCUT2D eigenvalue weighted by atomic mass is 31.2. The van der Waals surface area contributed by atoms with E-state index in [1.807, 2.05) is 6.92 Å². The molecular formula is C7H12NO4P. The van der Waals surface area contributed by atoms with E-state index in [2.05, 4.69) is 9.05 Å². The van der Waals surface area contributed by atoms with Gasteiger partial charge < -0.3 is 9.05 Å². The van der Waals surface area contributed by atoms with Crippen LogP contribution in [0.1, 0.15) is 26.2 Å². The highest BCUT2D eigenvalue weighted by Gasteiger charge is 2.37. The van der Waals surface area contributed by atoms with E-state index < -0.39 is 26.4 Å². The quantitative estimate of drug-likeness (QED) is 0.550. The van der Waals surface area contributed by atoms with E-state index in [1.54, 1.807) is 0 Å². The lowest BCUT2D eigenvalue weighted by Gasteiger charge is -2.22. The molecule has 0 radical (unpaired) electrons. The zero-order chi connectivity index (χ0) is 9.84. The van der Waals surface area contributed by atoms with E-state index in [0.29, 0.717) is 6.42 Å². The fraction of sp³-hybridized carbons (Fsp3) is 0.714. The van der Waals surface area contributed by atoms with Gasteiger partial charge in [0.25, 0.3) is 0 Å². The molecule has 2 N–H and O–H groups in total. The lowest BCUT2D eigenvalue weighted by molar-refractivity contribution is -0.156. The average Bonchev–Trinajstić information content (AvgIpc) is 2.02. The first-order valence-corrected chi connectivity index (χ1v) is 5.38. The maximum Gasteiger partial charge on any atom is 0.383 e. The van der Waals surface area contributed by atoms with Crippen LogP contribution in [0.15, 0.2) is 0 Å². The normalized spacial score (nSPS) is 28.2. The summed E-state index contributed by atoms with van der Waals surface area (Å²) in [6.07, 6.45) is 2.21. The highest BCUT2D eigenvalue weighted by Crippen LogP contribution is 2.37. The van der Waals surface area contributed by atoms with Crippen LogP contribution in [0.25, 0.3) is 0 Å². The molecule has 0 aromatic carbocycles. The Morgan fingerprint density at radius 2 is 1.92 bits per heavy atom. The minimum absolute atomic E-state index is 0.483. The fourth-order valence-electron chi connectivity index (χ4n) is 1.06. The summed E-state index contributed by atoms with van der Waals surface area (Å²) in [5.41, 5.74) is 5.19. The summed E-state index contributed by atoms with van der Waals surface area (Å²) >= 11 is 0. The smallest absolute Gasteiger partial charge is 0.383 e. The summed E-state index contributed by atoms with van der Waals surface area (Å²) in [7, 11) is -1.81. The van der Waals surface area contributed by atoms with Gasteiger partial charge in [-0.2, -0.15) is 0 Å². The summed E-state index contributed by atoms with van der Waals surface area (Å²) in [4.78, 5) is 22.3. The number of carbonyl (C=O) groups is 2. The number of nitrogens with two attached hydrogens (primary N) is 1. The molecule has 1 heterocycles. The average molecular weight is 205 g/mol. The van der Waals surface area contributed by atoms with Crippen molar-refractivity contribution in [3.05, 3.63) is 0 Å². The number of unbranched alkanes of at least 4 members (excludes halogenated alkanes) is 1. The van der Waals surface area contributed by atoms with Gasteiger partial charge in [0.05, 0.1) is 0 Å². The molecule has 0 aromatic rings. The maximum atomic E-state index is 11.1. The molecule has 1 fully saturated rings. The van der Waals surface area contributed by atoms with Crippen molar-refractivity contribution in [2.45, 2.75) is 26.2 Å². The van der Waals surface area contributed by atoms with Crippen molar-refractivity contribution >= 4 is 20.5 Å². The molecule has 1 aliphatic rings. The first kappa shape index (κ1) is 10.4. The van der Waals surface area contributed by atoms with Gasteiger partial charge in [0.15, 0.2) is 5.92 Å². The Bertz CT molecular complexity index is 203. The Morgan fingerprint density at radius 1 is 1.38 bits per heavy atom. The van der Waals surface area contributed by atoms with Gasteiger partial charge in [-0.15, -0.1) is 0 Å². The molecule has 0 atom stereocenters. The molecule has 6 heteroatoms. The molecule has 0 aliphatic carbocycles. The summed E-state index contributed by atoms with van der Waals surface area (Å²) in [6, 6.07) is 0. The van der Waals surface area contributed by atoms with Crippen molar-refractivity contribution in [3.63, 3.8) is 0 Å². The predicted molar refractivity (Wildman–Crippen MR) is 46.3 cm³/mol. The van der Waals surface area contributed by atoms with E-state index in [0.717, 1.165) is 12.8 Å². The first-order chi connectivity index (χ1) is 6.15. The van der Waals surface area contributed by atoms with Crippen molar-refractivity contribution in [2.75, 3.05) is 0 Å². The van der Waals surface area contributed by atoms with E-state index in [1.165, 1.54) is 0 Å². The van der Waals surface area contributed by atoms with Crippen LogP contribution in [0, 0.1) is 5.92 Å². The Hall–Kier alpha value is -0.670. The number of hydrogen-bond donors (Lipinski definition) is 1. The molecule has 0 amide bonds. The number of hydrogen-bond acceptors (Lipinski definition) is 5. The van der Waals surface area contributed by atoms with E-state index in [4.69, 9.17) is 5.50 Å². The molecule has 0 saturated carbocycles. The van der Waals surface area contributed by atoms with Crippen LogP contribution in [0.5, 0.6) is 0 Å². The van der Waals surface area contributed by atoms with E-state index in [-0.39, 0.29) is 0 Å². The van der Waals surface area contributed by atoms with Crippen LogP contribution < -0.4 is 5.50 Å². The Labute approximate surface area is 77.5 Å². The Morgan fingerprint density at radius 3 is 2.38 bits per heavy atom. The van der Waals surface area contributed by atoms with Crippen LogP contribution in [-0.2, 0) is 18.6 Å². The summed E-state index contributed by atoms with van der Waals surface area (Å²) in [5.74, 6) is -1.85. The topological polar surface area (TPSA) is 78.6 Å². The van der Waals surface area contributed by atoms with Gasteiger partial charge in [-0.05, 0) is 6.42 Å². The van der Waals surface area contributed by atoms with Gasteiger partial charge in [0.1, 0.15) is 0 Å². The van der Waals surface area contributed by atoms with Gasteiger partial charge in [-0.25, -0.2) is 5.50 Å². The molecular weight excluding hydrogens is 193 g/mol. The minimum Gasteiger partial charge on any atom is -0.394 e. The van der Waals surface area contributed by atoms with Crippen molar-refractivity contribution in [1.82, 2.24) is 0 Å². The van der Waals surface area contributed by atoms with Crippen LogP contribution in [0.4, 0.5) is 0 Å². The lowest BCUT2D eigenvalue weighted by atomic mass is 10.0. The third-order valence-electron chi connectivity index (χ3n) is 1.78. The van der Waals surface area contributed by atoms with E-state index >= 15 is 0 Å². The predicted octanol–water partition coefficient (Wildman–Crippen LogP) is 1.08. The molecule has 0 bridgehead atoms. The largest absolute Gasteiger partial charge is 0.394 e. The van der Waals surface area contributed by atoms with Crippen LogP contribution >= 0.6 is 8.53 Å². The second-order valence-electron chi connectivity index (χ2n) is 2.80. The Kier molecular flexibility index (Phi) is 3.63. The van der Waals surface area contributed by atoms with Gasteiger partial charge >= 0.3 is 20.5 Å². The van der Waals surface area contributed by atoms with E-state index in [9.17, 15) is 9.59 Å². The molecule has 1 aliphatic heterocycles. The zero-order valence-electron chi connectivity index (χ0n) is 7.36. The van der Waals surface area contributed by atoms with Crippen LogP contribution in [-0.4, -0.2) is 11.9 Å². The summed E-state index contributed by atoms with van der Waals surface area (Å²) in [5, 5.41) is 0. The lowest BCUT2D eigenvalue weighted by Crippen LogP contribution is -2.32. The highest BCUT2D eigenvalue weighted by molar-refractivity contribution is 7.45. The second-order valence-corrected chi connectivity index (χ2v) is 3.74. The van der Waals surface area contributed by atoms with Crippen molar-refractivity contribution in [2.24, 2.45) is 11.4 Å². The first-order valence-electron chi connectivity index (χ1n) is 4.13. The SMILES string of the molecule is CCCCC1C(=O)OP(N)OC1=O. The fourth-order valence-corrected chi connectivity index (χ4v) is 1.71. The third-order valence-corrected chi connectivity index (χ3v) is 2.50. The Balaban J connectivity index is 2.52. The summed E-state index contributed by atoms with van der Waals surface area (Å²) in [6.45, 7) is 1.98. The van der Waals surface area contributed by atoms with Crippen molar-refractivity contribution in [1.29, 1.82) is 0 Å². The number of carbonyl (C=O) groups excluding carboxylic acids is 2. The van der Waals surface area contributed by atoms with Crippen molar-refractivity contribution in [3.8, 4) is 0 Å².